The van der Waals surface area contributed by atoms with Crippen LogP contribution in [0.25, 0.3) is 55.9 Å². The molecule has 6 N–H and O–H groups in total. The van der Waals surface area contributed by atoms with Gasteiger partial charge in [-0.3, -0.25) is 24.2 Å². The molecule has 0 saturated carbocycles. The lowest BCUT2D eigenvalue weighted by Gasteiger charge is -2.33. The van der Waals surface area contributed by atoms with Crippen LogP contribution in [0.4, 0.5) is 8.78 Å². The van der Waals surface area contributed by atoms with E-state index in [4.69, 9.17) is 9.47 Å². The number of aromatic amines is 1. The minimum absolute atomic E-state index is 0.0147. The quantitative estimate of drug-likeness (QED) is 0.0193. The monoisotopic (exact) mass is 1870 g/mol. The van der Waals surface area contributed by atoms with Crippen molar-refractivity contribution >= 4 is 65.7 Å². The highest BCUT2D eigenvalue weighted by molar-refractivity contribution is 5.98. The topological polar surface area (TPSA) is 370 Å². The maximum atomic E-state index is 13.4. The number of benzene rings is 10. The fourth-order valence-corrected chi connectivity index (χ4v) is 15.9. The number of ether oxygens (including phenoxy) is 2. The van der Waals surface area contributed by atoms with E-state index in [9.17, 15) is 82.3 Å². The number of halogens is 2. The molecule has 4 amide bonds. The highest BCUT2D eigenvalue weighted by Crippen LogP contribution is 2.34. The van der Waals surface area contributed by atoms with Gasteiger partial charge in [-0.1, -0.05) is 280 Å². The van der Waals surface area contributed by atoms with E-state index in [1.54, 1.807) is 119 Å². The summed E-state index contributed by atoms with van der Waals surface area (Å²) in [6.07, 6.45) is 13.9. The van der Waals surface area contributed by atoms with Crippen molar-refractivity contribution in [3.05, 3.63) is 316 Å². The minimum Gasteiger partial charge on any atom is -0.480 e. The lowest BCUT2D eigenvalue weighted by Crippen LogP contribution is -2.48. The molecule has 0 radical (unpaired) electrons. The number of allylic oxidation sites excluding steroid dienone is 1. The van der Waals surface area contributed by atoms with Gasteiger partial charge in [-0.15, -0.1) is 10.2 Å². The molecule has 11 aromatic rings. The van der Waals surface area contributed by atoms with Gasteiger partial charge in [0.25, 0.3) is 0 Å². The van der Waals surface area contributed by atoms with Crippen molar-refractivity contribution in [3.8, 4) is 55.9 Å². The molecule has 10 aromatic carbocycles. The zero-order valence-corrected chi connectivity index (χ0v) is 78.7. The third-order valence-corrected chi connectivity index (χ3v) is 23.7. The van der Waals surface area contributed by atoms with Crippen molar-refractivity contribution in [2.24, 2.45) is 10.9 Å². The summed E-state index contributed by atoms with van der Waals surface area (Å²) >= 11 is 0. The first kappa shape index (κ1) is 106. The number of carboxylic acid groups (broad SMARTS) is 4. The zero-order chi connectivity index (χ0) is 98.9. The van der Waals surface area contributed by atoms with Crippen LogP contribution in [-0.4, -0.2) is 176 Å². The second-order valence-electron chi connectivity index (χ2n) is 33.3. The zero-order valence-electron chi connectivity index (χ0n) is 78.7. The Kier molecular flexibility index (Phi) is 42.1. The summed E-state index contributed by atoms with van der Waals surface area (Å²) in [4.78, 5) is 135. The van der Waals surface area contributed by atoms with Gasteiger partial charge in [-0.2, -0.15) is 5.21 Å². The predicted molar refractivity (Wildman–Crippen MR) is 521 cm³/mol. The van der Waals surface area contributed by atoms with Gasteiger partial charge in [0.2, 0.25) is 29.5 Å². The molecule has 1 aliphatic heterocycles. The minimum atomic E-state index is -1.13. The molecule has 26 nitrogen and oxygen atoms in total. The predicted octanol–water partition coefficient (Wildman–Crippen LogP) is 20.2. The molecule has 28 heteroatoms. The Labute approximate surface area is 798 Å². The number of aromatic carboxylic acids is 3. The van der Waals surface area contributed by atoms with E-state index in [-0.39, 0.29) is 109 Å². The number of aromatic nitrogens is 4. The van der Waals surface area contributed by atoms with E-state index < -0.39 is 53.8 Å². The number of carboxylic acids is 4. The third-order valence-electron chi connectivity index (χ3n) is 23.7. The number of tetrazole rings is 1. The SMILES string of the molecule is CCCCC(=O)N(Cc1ccc(-c2ccccc2-c2nn[nH]n2)cc1)[C@H](C(=O)OC)[C@@H](C)CC.CCCCC(=O)N(Cc1ccc(-c2ccccc2C(=O)O)cc1)C(Cc1ccc(F)cc1)C(=O)O.CCCCC(=O)N(Cc1ccc(-c2ccccc2C(=O)O)cc1)C(Cc1ccc(F)cc1)C(=O)OC.CCCCC(=O)N(Cc1ccc(-c2ccccc2C(=O)O)cc1)[C@H](CO)CC1=CCC=N1. The van der Waals surface area contributed by atoms with Crippen molar-refractivity contribution in [3.63, 3.8) is 0 Å². The van der Waals surface area contributed by atoms with Crippen LogP contribution in [0.3, 0.4) is 0 Å². The summed E-state index contributed by atoms with van der Waals surface area (Å²) in [5.41, 5.74) is 13.2. The number of carbonyl (C=O) groups is 10. The molecule has 5 atom stereocenters. The van der Waals surface area contributed by atoms with Gasteiger partial charge in [0.05, 0.1) is 43.6 Å². The molecule has 0 saturated heterocycles. The second-order valence-corrected chi connectivity index (χ2v) is 33.3. The number of nitrogens with zero attached hydrogens (tertiary/aromatic N) is 8. The molecular formula is C109H121F2N9O17. The highest BCUT2D eigenvalue weighted by atomic mass is 19.1. The van der Waals surface area contributed by atoms with Crippen molar-refractivity contribution in [1.82, 2.24) is 40.2 Å². The van der Waals surface area contributed by atoms with Crippen LogP contribution < -0.4 is 0 Å². The highest BCUT2D eigenvalue weighted by Gasteiger charge is 2.36. The average Bonchev–Trinajstić information content (AvgIpc) is 1.59. The van der Waals surface area contributed by atoms with Crippen LogP contribution in [0.15, 0.2) is 259 Å². The smallest absolute Gasteiger partial charge is 0.336 e. The number of aliphatic hydroxyl groups excluding tert-OH is 1. The Bertz CT molecular complexity index is 5860. The third kappa shape index (κ3) is 31.1. The standard InChI is InChI=1S/C29H30FNO5.C28H28FNO5.C26H33N5O3.C26H30N2O4/c1-3-4-9-27(32)31(26(29(35)36-2)18-20-12-16-23(30)17-13-20)19-21-10-14-22(15-11-21)24-7-5-6-8-25(24)28(33)34;1-2-3-8-26(31)30(25(28(34)35)17-19-11-15-22(29)16-12-19)18-20-9-13-21(14-10-20)23-6-4-5-7-24(23)27(32)33;1-5-7-12-23(32)31(24(18(3)6-2)26(33)34-4)17-19-13-15-20(16-14-19)21-10-8-9-11-22(21)25-27-29-30-28-25;1-2-3-10-25(30)28(22(18-29)16-21-7-6-15-27-21)17-19-11-13-20(14-12-19)23-8-4-5-9-24(23)26(31)32/h5-8,10-17,26H,3-4,9,18-19H2,1-2H3,(H,33,34);4-7,9-16,25H,2-3,8,17-18H2,1H3,(H,32,33)(H,34,35);8-11,13-16,18,24H,5-7,12,17H2,1-4H3,(H,27,28,29,30);4-5,7-9,11-15,22,29H,2-3,6,10,16-18H2,1H3,(H,31,32)/t;;18-,24-;22-/m..00/s1. The summed E-state index contributed by atoms with van der Waals surface area (Å²) in [5.74, 6) is -5.77. The van der Waals surface area contributed by atoms with E-state index in [0.717, 1.165) is 107 Å². The summed E-state index contributed by atoms with van der Waals surface area (Å²) in [5, 5.41) is 62.8. The molecule has 2 unspecified atom stereocenters. The molecule has 12 rings (SSSR count). The summed E-state index contributed by atoms with van der Waals surface area (Å²) in [6.45, 7) is 12.9. The first-order valence-electron chi connectivity index (χ1n) is 46.2. The number of amides is 4. The number of rotatable bonds is 44. The van der Waals surface area contributed by atoms with Crippen molar-refractivity contribution in [2.75, 3.05) is 20.8 Å². The van der Waals surface area contributed by atoms with Crippen molar-refractivity contribution in [1.29, 1.82) is 0 Å². The molecule has 137 heavy (non-hydrogen) atoms. The van der Waals surface area contributed by atoms with Crippen LogP contribution in [0, 0.1) is 17.6 Å². The molecule has 0 spiro atoms. The number of methoxy groups -OCH3 is 2. The number of carbonyl (C=O) groups excluding carboxylic acids is 6. The average molecular weight is 1870 g/mol. The maximum Gasteiger partial charge on any atom is 0.336 e. The largest absolute Gasteiger partial charge is 0.480 e. The molecule has 1 aromatic heterocycles. The Hall–Kier alpha value is -14.8. The van der Waals surface area contributed by atoms with Crippen molar-refractivity contribution < 1.29 is 91.7 Å². The van der Waals surface area contributed by atoms with E-state index >= 15 is 0 Å². The normalized spacial score (nSPS) is 12.3. The summed E-state index contributed by atoms with van der Waals surface area (Å²) in [7, 11) is 2.66. The van der Waals surface area contributed by atoms with E-state index in [1.165, 1.54) is 66.5 Å². The van der Waals surface area contributed by atoms with Crippen molar-refractivity contribution in [2.45, 2.75) is 201 Å². The van der Waals surface area contributed by atoms with Crippen LogP contribution in [0.1, 0.15) is 202 Å². The van der Waals surface area contributed by atoms with Crippen LogP contribution in [-0.2, 0) is 82.1 Å². The number of esters is 2. The van der Waals surface area contributed by atoms with Gasteiger partial charge >= 0.3 is 35.8 Å². The van der Waals surface area contributed by atoms with Crippen LogP contribution in [0.5, 0.6) is 0 Å². The van der Waals surface area contributed by atoms with Gasteiger partial charge in [0.15, 0.2) is 0 Å². The Morgan fingerprint density at radius 2 is 0.737 bits per heavy atom. The van der Waals surface area contributed by atoms with Gasteiger partial charge in [-0.25, -0.2) is 37.5 Å². The number of aliphatic carboxylic acids is 1. The molecule has 2 heterocycles. The Morgan fingerprint density at radius 3 is 1.08 bits per heavy atom. The first-order chi connectivity index (χ1) is 66.2. The summed E-state index contributed by atoms with van der Waals surface area (Å²) in [6, 6.07) is 66.6. The number of hydrogen-bond acceptors (Lipinski definition) is 17. The molecule has 718 valence electrons. The number of hydrogen-bond donors (Lipinski definition) is 6. The maximum absolute atomic E-state index is 13.4. The van der Waals surface area contributed by atoms with Gasteiger partial charge in [0, 0.05) is 95.0 Å². The molecule has 1 aliphatic rings. The first-order valence-corrected chi connectivity index (χ1v) is 46.2. The van der Waals surface area contributed by atoms with Gasteiger partial charge < -0.3 is 54.6 Å². The fourth-order valence-electron chi connectivity index (χ4n) is 15.9. The Morgan fingerprint density at radius 1 is 0.401 bits per heavy atom. The van der Waals surface area contributed by atoms with E-state index in [2.05, 4.69) is 32.5 Å². The number of unbranched alkanes of at least 4 members (excludes halogenated alkanes) is 4. The Balaban J connectivity index is 0.000000205. The molecule has 0 fully saturated rings. The van der Waals surface area contributed by atoms with Crippen LogP contribution >= 0.6 is 0 Å². The second kappa shape index (κ2) is 54.5. The lowest BCUT2D eigenvalue weighted by molar-refractivity contribution is -0.156. The number of aliphatic hydroxyl groups is 1. The fraction of sp³-hybridized carbons (Fsp3) is 0.321. The molecule has 0 bridgehead atoms. The van der Waals surface area contributed by atoms with E-state index in [1.807, 2.05) is 138 Å². The number of aliphatic imine (C=N–C) groups is 1. The lowest BCUT2D eigenvalue weighted by atomic mass is 9.95. The van der Waals surface area contributed by atoms with Gasteiger partial charge in [-0.05, 0) is 157 Å². The van der Waals surface area contributed by atoms with Gasteiger partial charge in [0.1, 0.15) is 29.8 Å². The number of nitrogens with one attached hydrogen (secondary N) is 1. The van der Waals surface area contributed by atoms with E-state index in [0.29, 0.717) is 84.4 Å². The summed E-state index contributed by atoms with van der Waals surface area (Å²) < 4.78 is 36.8. The van der Waals surface area contributed by atoms with Crippen LogP contribution in [0.2, 0.25) is 0 Å². The molecule has 0 aliphatic carbocycles. The number of H-pyrrole nitrogens is 1. The molecular weight excluding hydrogens is 1750 g/mol.